The zero-order chi connectivity index (χ0) is 16.8. The lowest BCUT2D eigenvalue weighted by molar-refractivity contribution is -0.137. The normalized spacial score (nSPS) is 19.8. The Kier molecular flexibility index (Phi) is 5.72. The Labute approximate surface area is 143 Å². The van der Waals surface area contributed by atoms with Gasteiger partial charge in [-0.25, -0.2) is 4.79 Å². The van der Waals surface area contributed by atoms with E-state index < -0.39 is 0 Å². The average molecular weight is 329 g/mol. The fourth-order valence-corrected chi connectivity index (χ4v) is 3.73. The number of likely N-dealkylation sites (tertiary alicyclic amines) is 1. The maximum Gasteiger partial charge on any atom is 0.319 e. The number of para-hydroxylation sites is 1. The van der Waals surface area contributed by atoms with Gasteiger partial charge in [-0.3, -0.25) is 4.79 Å². The Morgan fingerprint density at radius 1 is 0.917 bits per heavy atom. The minimum absolute atomic E-state index is 0.143. The van der Waals surface area contributed by atoms with Crippen LogP contribution >= 0.6 is 0 Å². The van der Waals surface area contributed by atoms with Crippen molar-refractivity contribution in [2.24, 2.45) is 5.92 Å². The zero-order valence-corrected chi connectivity index (χ0v) is 14.2. The van der Waals surface area contributed by atoms with Crippen LogP contribution in [-0.2, 0) is 4.79 Å². The van der Waals surface area contributed by atoms with E-state index in [4.69, 9.17) is 0 Å². The summed E-state index contributed by atoms with van der Waals surface area (Å²) in [6, 6.07) is 9.41. The quantitative estimate of drug-likeness (QED) is 0.893. The van der Waals surface area contributed by atoms with Gasteiger partial charge in [0.15, 0.2) is 0 Å². The molecule has 2 aliphatic rings. The van der Waals surface area contributed by atoms with Crippen LogP contribution < -0.4 is 10.6 Å². The fourth-order valence-electron chi connectivity index (χ4n) is 3.73. The molecule has 1 aromatic carbocycles. The number of hydrogen-bond donors (Lipinski definition) is 2. The van der Waals surface area contributed by atoms with Crippen molar-refractivity contribution in [2.75, 3.05) is 18.4 Å². The van der Waals surface area contributed by atoms with Crippen LogP contribution in [-0.4, -0.2) is 36.0 Å². The molecule has 5 nitrogen and oxygen atoms in total. The van der Waals surface area contributed by atoms with E-state index in [1.54, 1.807) is 0 Å². The highest BCUT2D eigenvalue weighted by Crippen LogP contribution is 2.26. The summed E-state index contributed by atoms with van der Waals surface area (Å²) in [5, 5.41) is 5.86. The monoisotopic (exact) mass is 329 g/mol. The van der Waals surface area contributed by atoms with E-state index >= 15 is 0 Å². The Balaban J connectivity index is 1.41. The smallest absolute Gasteiger partial charge is 0.319 e. The van der Waals surface area contributed by atoms with Gasteiger partial charge >= 0.3 is 6.03 Å². The molecule has 0 radical (unpaired) electrons. The Morgan fingerprint density at radius 3 is 2.25 bits per heavy atom. The average Bonchev–Trinajstić information content (AvgIpc) is 2.63. The lowest BCUT2D eigenvalue weighted by Gasteiger charge is -2.35. The summed E-state index contributed by atoms with van der Waals surface area (Å²) in [6.07, 6.45) is 7.42. The third-order valence-corrected chi connectivity index (χ3v) is 5.13. The van der Waals surface area contributed by atoms with E-state index in [1.807, 2.05) is 35.2 Å². The van der Waals surface area contributed by atoms with Crippen molar-refractivity contribution < 1.29 is 9.59 Å². The number of carbonyl (C=O) groups is 2. The molecule has 3 rings (SSSR count). The second kappa shape index (κ2) is 8.18. The van der Waals surface area contributed by atoms with Crippen LogP contribution in [0.2, 0.25) is 0 Å². The van der Waals surface area contributed by atoms with E-state index in [1.165, 1.54) is 19.3 Å². The third-order valence-electron chi connectivity index (χ3n) is 5.13. The molecule has 0 aromatic heterocycles. The predicted molar refractivity (Wildman–Crippen MR) is 94.8 cm³/mol. The van der Waals surface area contributed by atoms with E-state index in [-0.39, 0.29) is 18.0 Å². The Hall–Kier alpha value is -2.04. The first-order chi connectivity index (χ1) is 11.7. The summed E-state index contributed by atoms with van der Waals surface area (Å²) >= 11 is 0. The highest BCUT2D eigenvalue weighted by Gasteiger charge is 2.29. The molecule has 1 aromatic rings. The predicted octanol–water partition coefficient (Wildman–Crippen LogP) is 3.38. The maximum absolute atomic E-state index is 12.5. The topological polar surface area (TPSA) is 61.4 Å². The van der Waals surface area contributed by atoms with Crippen LogP contribution in [0.25, 0.3) is 0 Å². The highest BCUT2D eigenvalue weighted by atomic mass is 16.2. The molecule has 1 saturated carbocycles. The summed E-state index contributed by atoms with van der Waals surface area (Å²) in [7, 11) is 0. The summed E-state index contributed by atoms with van der Waals surface area (Å²) in [4.78, 5) is 26.6. The molecule has 3 amide bonds. The van der Waals surface area contributed by atoms with Crippen molar-refractivity contribution in [3.05, 3.63) is 30.3 Å². The largest absolute Gasteiger partial charge is 0.342 e. The number of carbonyl (C=O) groups excluding carboxylic acids is 2. The lowest BCUT2D eigenvalue weighted by Crippen LogP contribution is -2.49. The minimum atomic E-state index is -0.168. The second-order valence-electron chi connectivity index (χ2n) is 6.90. The summed E-state index contributed by atoms with van der Waals surface area (Å²) in [5.41, 5.74) is 0.792. The molecule has 1 aliphatic heterocycles. The molecule has 24 heavy (non-hydrogen) atoms. The van der Waals surface area contributed by atoms with Gasteiger partial charge < -0.3 is 15.5 Å². The summed E-state index contributed by atoms with van der Waals surface area (Å²) in [6.45, 7) is 1.51. The number of rotatable bonds is 3. The van der Waals surface area contributed by atoms with Crippen LogP contribution in [0.5, 0.6) is 0 Å². The number of urea groups is 1. The molecule has 2 N–H and O–H groups in total. The number of piperidine rings is 1. The van der Waals surface area contributed by atoms with Crippen molar-refractivity contribution >= 4 is 17.6 Å². The van der Waals surface area contributed by atoms with Gasteiger partial charge in [0.25, 0.3) is 0 Å². The van der Waals surface area contributed by atoms with Gasteiger partial charge in [-0.2, -0.15) is 0 Å². The van der Waals surface area contributed by atoms with Gasteiger partial charge in [0, 0.05) is 30.7 Å². The molecule has 0 spiro atoms. The molecule has 1 heterocycles. The van der Waals surface area contributed by atoms with Crippen LogP contribution in [0.4, 0.5) is 10.5 Å². The SMILES string of the molecule is O=C(Nc1ccccc1)NC1CCN(C(=O)C2CCCCC2)CC1. The van der Waals surface area contributed by atoms with Gasteiger partial charge in [0.2, 0.25) is 5.91 Å². The minimum Gasteiger partial charge on any atom is -0.342 e. The summed E-state index contributed by atoms with van der Waals surface area (Å²) in [5.74, 6) is 0.575. The zero-order valence-electron chi connectivity index (χ0n) is 14.2. The number of hydrogen-bond acceptors (Lipinski definition) is 2. The lowest BCUT2D eigenvalue weighted by atomic mass is 9.87. The van der Waals surface area contributed by atoms with Crippen molar-refractivity contribution in [2.45, 2.75) is 51.0 Å². The van der Waals surface area contributed by atoms with Crippen LogP contribution in [0, 0.1) is 5.92 Å². The molecule has 130 valence electrons. The number of benzene rings is 1. The Bertz CT molecular complexity index is 547. The summed E-state index contributed by atoms with van der Waals surface area (Å²) < 4.78 is 0. The van der Waals surface area contributed by atoms with E-state index in [0.29, 0.717) is 5.91 Å². The Morgan fingerprint density at radius 2 is 1.58 bits per heavy atom. The van der Waals surface area contributed by atoms with E-state index in [0.717, 1.165) is 44.5 Å². The van der Waals surface area contributed by atoms with E-state index in [9.17, 15) is 9.59 Å². The molecule has 1 saturated heterocycles. The molecule has 0 unspecified atom stereocenters. The third kappa shape index (κ3) is 4.49. The van der Waals surface area contributed by atoms with Crippen LogP contribution in [0.1, 0.15) is 44.9 Å². The van der Waals surface area contributed by atoms with Crippen LogP contribution in [0.3, 0.4) is 0 Å². The first-order valence-corrected chi connectivity index (χ1v) is 9.14. The molecule has 5 heteroatoms. The van der Waals surface area contributed by atoms with Gasteiger partial charge in [-0.1, -0.05) is 37.5 Å². The number of nitrogens with one attached hydrogen (secondary N) is 2. The fraction of sp³-hybridized carbons (Fsp3) is 0.579. The van der Waals surface area contributed by atoms with Crippen LogP contribution in [0.15, 0.2) is 30.3 Å². The van der Waals surface area contributed by atoms with Crippen molar-refractivity contribution in [1.29, 1.82) is 0 Å². The van der Waals surface area contributed by atoms with Gasteiger partial charge in [-0.05, 0) is 37.8 Å². The molecule has 1 aliphatic carbocycles. The van der Waals surface area contributed by atoms with Crippen molar-refractivity contribution in [1.82, 2.24) is 10.2 Å². The first-order valence-electron chi connectivity index (χ1n) is 9.14. The van der Waals surface area contributed by atoms with Gasteiger partial charge in [0.1, 0.15) is 0 Å². The molecule has 0 atom stereocenters. The van der Waals surface area contributed by atoms with Crippen molar-refractivity contribution in [3.63, 3.8) is 0 Å². The number of nitrogens with zero attached hydrogens (tertiary/aromatic N) is 1. The molecular formula is C19H27N3O2. The molecule has 2 fully saturated rings. The second-order valence-corrected chi connectivity index (χ2v) is 6.90. The standard InChI is InChI=1S/C19H27N3O2/c23-18(15-7-3-1-4-8-15)22-13-11-17(12-14-22)21-19(24)20-16-9-5-2-6-10-16/h2,5-6,9-10,15,17H,1,3-4,7-8,11-14H2,(H2,20,21,24). The number of anilines is 1. The van der Waals surface area contributed by atoms with Gasteiger partial charge in [-0.15, -0.1) is 0 Å². The van der Waals surface area contributed by atoms with Crippen molar-refractivity contribution in [3.8, 4) is 0 Å². The first kappa shape index (κ1) is 16.8. The molecule has 0 bridgehead atoms. The molecular weight excluding hydrogens is 302 g/mol. The maximum atomic E-state index is 12.5. The van der Waals surface area contributed by atoms with E-state index in [2.05, 4.69) is 10.6 Å². The van der Waals surface area contributed by atoms with Gasteiger partial charge in [0.05, 0.1) is 0 Å². The highest BCUT2D eigenvalue weighted by molar-refractivity contribution is 5.89. The number of amides is 3.